The van der Waals surface area contributed by atoms with Crippen LogP contribution in [0.2, 0.25) is 0 Å². The van der Waals surface area contributed by atoms with E-state index in [9.17, 15) is 9.18 Å². The van der Waals surface area contributed by atoms with E-state index in [1.807, 2.05) is 0 Å². The van der Waals surface area contributed by atoms with Crippen LogP contribution in [0.15, 0.2) is 48.5 Å². The Labute approximate surface area is 173 Å². The highest BCUT2D eigenvalue weighted by atomic mass is 19.1. The van der Waals surface area contributed by atoms with Gasteiger partial charge in [0.25, 0.3) is 0 Å². The summed E-state index contributed by atoms with van der Waals surface area (Å²) in [6.45, 7) is 3.80. The first-order chi connectivity index (χ1) is 14.2. The number of unbranched alkanes of at least 4 members (excludes halogenated alkanes) is 4. The number of likely N-dealkylation sites (tertiary alicyclic amines) is 1. The fourth-order valence-corrected chi connectivity index (χ4v) is 3.83. The highest BCUT2D eigenvalue weighted by Crippen LogP contribution is 2.22. The van der Waals surface area contributed by atoms with Crippen molar-refractivity contribution in [2.24, 2.45) is 0 Å². The van der Waals surface area contributed by atoms with Crippen molar-refractivity contribution >= 4 is 5.78 Å². The molecular formula is C25H32FNO2. The molecule has 0 aromatic heterocycles. The summed E-state index contributed by atoms with van der Waals surface area (Å²) in [4.78, 5) is 15.0. The highest BCUT2D eigenvalue weighted by molar-refractivity contribution is 5.96. The minimum atomic E-state index is -0.291. The van der Waals surface area contributed by atoms with Crippen molar-refractivity contribution in [3.8, 4) is 11.5 Å². The van der Waals surface area contributed by atoms with Gasteiger partial charge in [0, 0.05) is 12.0 Å². The lowest BCUT2D eigenvalue weighted by Crippen LogP contribution is -2.30. The number of rotatable bonds is 11. The van der Waals surface area contributed by atoms with Gasteiger partial charge in [-0.05, 0) is 93.8 Å². The Morgan fingerprint density at radius 2 is 1.38 bits per heavy atom. The van der Waals surface area contributed by atoms with E-state index in [4.69, 9.17) is 4.74 Å². The van der Waals surface area contributed by atoms with Crippen molar-refractivity contribution in [3.05, 3.63) is 59.9 Å². The van der Waals surface area contributed by atoms with E-state index in [0.717, 1.165) is 18.4 Å². The van der Waals surface area contributed by atoms with Gasteiger partial charge in [-0.1, -0.05) is 25.7 Å². The molecule has 1 heterocycles. The zero-order valence-corrected chi connectivity index (χ0v) is 17.2. The minimum absolute atomic E-state index is 0.187. The predicted octanol–water partition coefficient (Wildman–Crippen LogP) is 6.63. The van der Waals surface area contributed by atoms with E-state index in [1.54, 1.807) is 36.4 Å². The summed E-state index contributed by atoms with van der Waals surface area (Å²) in [6, 6.07) is 13.1. The molecule has 0 atom stereocenters. The van der Waals surface area contributed by atoms with Crippen molar-refractivity contribution in [2.75, 3.05) is 19.6 Å². The second kappa shape index (κ2) is 11.7. The lowest BCUT2D eigenvalue weighted by molar-refractivity contribution is 0.0979. The normalized spacial score (nSPS) is 14.7. The average Bonchev–Trinajstić information content (AvgIpc) is 2.76. The van der Waals surface area contributed by atoms with E-state index >= 15 is 0 Å². The van der Waals surface area contributed by atoms with Gasteiger partial charge in [0.1, 0.15) is 17.3 Å². The van der Waals surface area contributed by atoms with E-state index in [-0.39, 0.29) is 11.6 Å². The summed E-state index contributed by atoms with van der Waals surface area (Å²) in [6.07, 6.45) is 10.6. The molecule has 0 saturated carbocycles. The zero-order chi connectivity index (χ0) is 20.3. The molecule has 0 bridgehead atoms. The quantitative estimate of drug-likeness (QED) is 0.315. The number of halogens is 1. The highest BCUT2D eigenvalue weighted by Gasteiger charge is 2.09. The van der Waals surface area contributed by atoms with Crippen molar-refractivity contribution in [1.82, 2.24) is 4.90 Å². The number of ether oxygens (including phenoxy) is 1. The molecule has 3 nitrogen and oxygen atoms in total. The number of nitrogens with zero attached hydrogens (tertiary/aromatic N) is 1. The van der Waals surface area contributed by atoms with Crippen molar-refractivity contribution < 1.29 is 13.9 Å². The Morgan fingerprint density at radius 1 is 0.793 bits per heavy atom. The number of hydrogen-bond acceptors (Lipinski definition) is 3. The van der Waals surface area contributed by atoms with Gasteiger partial charge in [-0.15, -0.1) is 0 Å². The smallest absolute Gasteiger partial charge is 0.162 e. The monoisotopic (exact) mass is 397 g/mol. The Hall–Kier alpha value is -2.20. The Morgan fingerprint density at radius 3 is 2.07 bits per heavy atom. The third kappa shape index (κ3) is 7.62. The fourth-order valence-electron chi connectivity index (χ4n) is 3.83. The maximum Gasteiger partial charge on any atom is 0.162 e. The number of hydrogen-bond donors (Lipinski definition) is 0. The van der Waals surface area contributed by atoms with Gasteiger partial charge in [-0.25, -0.2) is 4.39 Å². The first-order valence-electron chi connectivity index (χ1n) is 11.0. The number of carbonyl (C=O) groups is 1. The summed E-state index contributed by atoms with van der Waals surface area (Å²) in [5, 5.41) is 0. The van der Waals surface area contributed by atoms with Gasteiger partial charge in [-0.3, -0.25) is 4.79 Å². The number of piperidine rings is 1. The summed E-state index contributed by atoms with van der Waals surface area (Å²) in [7, 11) is 0. The van der Waals surface area contributed by atoms with E-state index in [2.05, 4.69) is 4.90 Å². The van der Waals surface area contributed by atoms with Crippen LogP contribution in [0, 0.1) is 5.82 Å². The van der Waals surface area contributed by atoms with Gasteiger partial charge in [0.05, 0.1) is 0 Å². The predicted molar refractivity (Wildman–Crippen MR) is 115 cm³/mol. The summed E-state index contributed by atoms with van der Waals surface area (Å²) < 4.78 is 18.6. The molecule has 3 rings (SSSR count). The van der Waals surface area contributed by atoms with Crippen LogP contribution in [0.4, 0.5) is 4.39 Å². The second-order valence-electron chi connectivity index (χ2n) is 7.92. The number of carbonyl (C=O) groups excluding carboxylic acids is 1. The molecule has 0 N–H and O–H groups in total. The standard InChI is InChI=1S/C25H32FNO2/c26-22-12-16-24(17-13-22)29-23-14-10-21(11-15-23)25(28)9-5-2-1-3-6-18-27-19-7-4-8-20-27/h10-17H,1-9,18-20H2. The molecule has 1 fully saturated rings. The molecule has 156 valence electrons. The lowest BCUT2D eigenvalue weighted by atomic mass is 10.0. The fraction of sp³-hybridized carbons (Fsp3) is 0.480. The minimum Gasteiger partial charge on any atom is -0.457 e. The molecule has 4 heteroatoms. The molecule has 1 saturated heterocycles. The lowest BCUT2D eigenvalue weighted by Gasteiger charge is -2.26. The molecule has 0 amide bonds. The molecule has 29 heavy (non-hydrogen) atoms. The van der Waals surface area contributed by atoms with E-state index in [1.165, 1.54) is 70.3 Å². The summed E-state index contributed by atoms with van der Waals surface area (Å²) in [5.74, 6) is 1.11. The molecule has 0 unspecified atom stereocenters. The van der Waals surface area contributed by atoms with Crippen LogP contribution < -0.4 is 4.74 Å². The first kappa shape index (κ1) is 21.5. The van der Waals surface area contributed by atoms with Gasteiger partial charge < -0.3 is 9.64 Å². The SMILES string of the molecule is O=C(CCCCCCCN1CCCCC1)c1ccc(Oc2ccc(F)cc2)cc1. The number of Topliss-reactive ketones (excluding diaryl/α,β-unsaturated/α-hetero) is 1. The summed E-state index contributed by atoms with van der Waals surface area (Å²) in [5.41, 5.74) is 0.724. The van der Waals surface area contributed by atoms with Gasteiger partial charge >= 0.3 is 0 Å². The maximum absolute atomic E-state index is 12.9. The molecule has 2 aromatic carbocycles. The first-order valence-corrected chi connectivity index (χ1v) is 11.0. The van der Waals surface area contributed by atoms with Gasteiger partial charge in [0.2, 0.25) is 0 Å². The molecule has 1 aliphatic heterocycles. The summed E-state index contributed by atoms with van der Waals surface area (Å²) >= 11 is 0. The zero-order valence-electron chi connectivity index (χ0n) is 17.2. The van der Waals surface area contributed by atoms with Crippen molar-refractivity contribution in [3.63, 3.8) is 0 Å². The largest absolute Gasteiger partial charge is 0.457 e. The van der Waals surface area contributed by atoms with Gasteiger partial charge in [-0.2, -0.15) is 0 Å². The van der Waals surface area contributed by atoms with Crippen LogP contribution in [0.1, 0.15) is 68.1 Å². The molecule has 0 spiro atoms. The van der Waals surface area contributed by atoms with E-state index in [0.29, 0.717) is 17.9 Å². The maximum atomic E-state index is 12.9. The number of benzene rings is 2. The molecular weight excluding hydrogens is 365 g/mol. The Bertz CT molecular complexity index is 736. The van der Waals surface area contributed by atoms with Crippen molar-refractivity contribution in [1.29, 1.82) is 0 Å². The van der Waals surface area contributed by atoms with Crippen LogP contribution in [0.5, 0.6) is 11.5 Å². The molecule has 0 aliphatic carbocycles. The molecule has 2 aromatic rings. The van der Waals surface area contributed by atoms with E-state index < -0.39 is 0 Å². The van der Waals surface area contributed by atoms with Crippen LogP contribution >= 0.6 is 0 Å². The van der Waals surface area contributed by atoms with Crippen LogP contribution in [-0.4, -0.2) is 30.3 Å². The third-order valence-electron chi connectivity index (χ3n) is 5.55. The van der Waals surface area contributed by atoms with Gasteiger partial charge in [0.15, 0.2) is 5.78 Å². The van der Waals surface area contributed by atoms with Crippen LogP contribution in [0.3, 0.4) is 0 Å². The second-order valence-corrected chi connectivity index (χ2v) is 7.92. The average molecular weight is 398 g/mol. The van der Waals surface area contributed by atoms with Crippen molar-refractivity contribution in [2.45, 2.75) is 57.8 Å². The number of ketones is 1. The van der Waals surface area contributed by atoms with Crippen LogP contribution in [0.25, 0.3) is 0 Å². The topological polar surface area (TPSA) is 29.5 Å². The Kier molecular flexibility index (Phi) is 8.69. The molecule has 0 radical (unpaired) electrons. The Balaban J connectivity index is 1.29. The third-order valence-corrected chi connectivity index (χ3v) is 5.55. The van der Waals surface area contributed by atoms with Crippen LogP contribution in [-0.2, 0) is 0 Å². The molecule has 1 aliphatic rings.